The summed E-state index contributed by atoms with van der Waals surface area (Å²) in [7, 11) is 0. The molecule has 0 aromatic heterocycles. The van der Waals surface area contributed by atoms with Crippen molar-refractivity contribution in [3.8, 4) is 0 Å². The molecule has 0 amide bonds. The minimum atomic E-state index is 0.600. The molecule has 0 aliphatic heterocycles. The van der Waals surface area contributed by atoms with Gasteiger partial charge >= 0.3 is 0 Å². The molecule has 0 N–H and O–H groups in total. The largest absolute Gasteiger partial charge is 0.502 e. The number of allylic oxidation sites excluding steroid dienone is 1. The zero-order valence-electron chi connectivity index (χ0n) is 19.7. The third-order valence-electron chi connectivity index (χ3n) is 10.8. The highest BCUT2D eigenvalue weighted by Gasteiger charge is 2.61. The summed E-state index contributed by atoms with van der Waals surface area (Å²) >= 11 is 0. The molecule has 0 radical (unpaired) electrons. The van der Waals surface area contributed by atoms with Crippen LogP contribution in [0.5, 0.6) is 0 Å². The van der Waals surface area contributed by atoms with Gasteiger partial charge in [0.1, 0.15) is 0 Å². The van der Waals surface area contributed by atoms with Gasteiger partial charge in [0.25, 0.3) is 0 Å². The third-order valence-corrected chi connectivity index (χ3v) is 10.8. The molecule has 8 atom stereocenters. The van der Waals surface area contributed by atoms with E-state index in [0.29, 0.717) is 10.8 Å². The van der Waals surface area contributed by atoms with Gasteiger partial charge in [0.05, 0.1) is 12.9 Å². The maximum absolute atomic E-state index is 5.71. The molecule has 6 aliphatic carbocycles. The van der Waals surface area contributed by atoms with Crippen molar-refractivity contribution in [3.63, 3.8) is 0 Å². The minimum Gasteiger partial charge on any atom is -0.502 e. The molecule has 1 nitrogen and oxygen atoms in total. The second-order valence-corrected chi connectivity index (χ2v) is 12.4. The molecule has 2 heteroatoms. The van der Waals surface area contributed by atoms with Crippen molar-refractivity contribution in [2.24, 2.45) is 46.3 Å². The van der Waals surface area contributed by atoms with Crippen LogP contribution in [0.2, 0.25) is 18.0 Å². The van der Waals surface area contributed by atoms with Gasteiger partial charge < -0.3 is 4.74 Å². The maximum Gasteiger partial charge on any atom is 0.150 e. The Morgan fingerprint density at radius 1 is 0.857 bits per heavy atom. The van der Waals surface area contributed by atoms with E-state index < -0.39 is 0 Å². The number of hydrogen-bond acceptors (Lipinski definition) is 1. The first kappa shape index (κ1) is 20.9. The van der Waals surface area contributed by atoms with Crippen LogP contribution in [-0.4, -0.2) is 13.3 Å². The summed E-state index contributed by atoms with van der Waals surface area (Å²) in [6.45, 7) is 19.3. The van der Waals surface area contributed by atoms with E-state index >= 15 is 0 Å². The zero-order chi connectivity index (χ0) is 20.3. The Kier molecular flexibility index (Phi) is 5.50. The van der Waals surface area contributed by atoms with Gasteiger partial charge in [-0.1, -0.05) is 85.3 Å². The lowest BCUT2D eigenvalue weighted by molar-refractivity contribution is -0.107. The monoisotopic (exact) mass is 384 g/mol. The highest BCUT2D eigenvalue weighted by atomic mass is 16.5. The number of ether oxygens (including phenoxy) is 1. The van der Waals surface area contributed by atoms with Gasteiger partial charge in [-0.2, -0.15) is 0 Å². The molecule has 6 saturated carbocycles. The molecule has 0 spiro atoms. The summed E-state index contributed by atoms with van der Waals surface area (Å²) in [6.07, 6.45) is 12.7. The average molecular weight is 384 g/mol. The molecule has 0 heterocycles. The molecule has 158 valence electrons. The number of fused-ring (bicyclic) bond motifs is 4. The quantitative estimate of drug-likeness (QED) is 0.250. The predicted molar refractivity (Wildman–Crippen MR) is 122 cm³/mol. The SMILES string of the molecule is CCCO/C=C\CB(C1CC2CC([C@H]1C)C2(C)C)[C@@H]1CC2CC([C@H]1C)C2(C)C. The van der Waals surface area contributed by atoms with Gasteiger partial charge in [0, 0.05) is 0 Å². The van der Waals surface area contributed by atoms with E-state index in [1.807, 2.05) is 6.26 Å². The predicted octanol–water partition coefficient (Wildman–Crippen LogP) is 7.57. The van der Waals surface area contributed by atoms with E-state index in [9.17, 15) is 0 Å². The fraction of sp³-hybridized carbons (Fsp3) is 0.923. The number of hydrogen-bond donors (Lipinski definition) is 0. The summed E-state index contributed by atoms with van der Waals surface area (Å²) in [5.41, 5.74) is 1.20. The van der Waals surface area contributed by atoms with Crippen LogP contribution in [0.25, 0.3) is 0 Å². The molecule has 28 heavy (non-hydrogen) atoms. The average Bonchev–Trinajstić information content (AvgIpc) is 2.65. The van der Waals surface area contributed by atoms with Crippen molar-refractivity contribution in [2.45, 2.75) is 98.5 Å². The molecular weight excluding hydrogens is 339 g/mol. The minimum absolute atomic E-state index is 0.600. The standard InChI is InChI=1S/C26H45BO/c1-8-11-28-12-9-10-27(23-15-19-13-21(17(23)2)25(19,4)5)24-16-20-14-22(18(24)3)26(20,6)7/h9,12,17-24H,8,10-11,13-16H2,1-7H3/b12-9-/t17-,18-,19?,20?,21?,22?,23-,24?/m1/s1. The molecule has 5 unspecified atom stereocenters. The summed E-state index contributed by atoms with van der Waals surface area (Å²) in [5, 5.41) is 0. The Balaban J connectivity index is 1.51. The van der Waals surface area contributed by atoms with Crippen LogP contribution in [0.3, 0.4) is 0 Å². The summed E-state index contributed by atoms with van der Waals surface area (Å²) in [5.74, 6) is 7.54. The van der Waals surface area contributed by atoms with Gasteiger partial charge in [-0.25, -0.2) is 0 Å². The Bertz CT molecular complexity index is 551. The second-order valence-electron chi connectivity index (χ2n) is 12.4. The molecule has 4 bridgehead atoms. The number of rotatable bonds is 7. The highest BCUT2D eigenvalue weighted by molar-refractivity contribution is 6.62. The van der Waals surface area contributed by atoms with Crippen LogP contribution in [0.4, 0.5) is 0 Å². The lowest BCUT2D eigenvalue weighted by Gasteiger charge is -2.66. The molecular formula is C26H45BO. The lowest BCUT2D eigenvalue weighted by Crippen LogP contribution is -2.59. The van der Waals surface area contributed by atoms with Gasteiger partial charge in [-0.05, 0) is 65.6 Å². The lowest BCUT2D eigenvalue weighted by atomic mass is 9.20. The highest BCUT2D eigenvalue weighted by Crippen LogP contribution is 2.69. The van der Waals surface area contributed by atoms with Crippen molar-refractivity contribution in [1.82, 2.24) is 0 Å². The van der Waals surface area contributed by atoms with Crippen LogP contribution >= 0.6 is 0 Å². The Labute approximate surface area is 175 Å². The van der Waals surface area contributed by atoms with E-state index in [1.165, 1.54) is 32.0 Å². The fourth-order valence-electron chi connectivity index (χ4n) is 8.64. The van der Waals surface area contributed by atoms with Crippen molar-refractivity contribution in [1.29, 1.82) is 0 Å². The zero-order valence-corrected chi connectivity index (χ0v) is 19.7. The van der Waals surface area contributed by atoms with Gasteiger partial charge in [-0.15, -0.1) is 0 Å². The van der Waals surface area contributed by atoms with E-state index in [1.54, 1.807) is 0 Å². The summed E-state index contributed by atoms with van der Waals surface area (Å²) in [6, 6.07) is 0. The van der Waals surface area contributed by atoms with Crippen LogP contribution in [0.15, 0.2) is 12.3 Å². The Morgan fingerprint density at radius 2 is 1.36 bits per heavy atom. The van der Waals surface area contributed by atoms with Crippen LogP contribution in [0, 0.1) is 46.3 Å². The molecule has 6 fully saturated rings. The molecule has 0 aromatic rings. The Morgan fingerprint density at radius 3 is 1.75 bits per heavy atom. The summed E-state index contributed by atoms with van der Waals surface area (Å²) in [4.78, 5) is 0. The topological polar surface area (TPSA) is 9.23 Å². The Hall–Kier alpha value is -0.395. The van der Waals surface area contributed by atoms with Crippen molar-refractivity contribution in [2.75, 3.05) is 6.61 Å². The van der Waals surface area contributed by atoms with Gasteiger partial charge in [0.15, 0.2) is 6.71 Å². The van der Waals surface area contributed by atoms with E-state index in [4.69, 9.17) is 4.74 Å². The van der Waals surface area contributed by atoms with Crippen LogP contribution in [0.1, 0.15) is 80.6 Å². The second kappa shape index (κ2) is 7.38. The van der Waals surface area contributed by atoms with Crippen molar-refractivity contribution in [3.05, 3.63) is 12.3 Å². The smallest absolute Gasteiger partial charge is 0.150 e. The van der Waals surface area contributed by atoms with Gasteiger partial charge in [0.2, 0.25) is 0 Å². The van der Waals surface area contributed by atoms with Crippen molar-refractivity contribution < 1.29 is 4.74 Å². The third kappa shape index (κ3) is 3.11. The molecule has 6 rings (SSSR count). The van der Waals surface area contributed by atoms with E-state index in [0.717, 1.165) is 66.9 Å². The molecule has 0 aromatic carbocycles. The first-order valence-electron chi connectivity index (χ1n) is 12.5. The molecule has 6 aliphatic rings. The maximum atomic E-state index is 5.71. The van der Waals surface area contributed by atoms with Crippen LogP contribution < -0.4 is 0 Å². The van der Waals surface area contributed by atoms with Crippen molar-refractivity contribution >= 4 is 6.71 Å². The first-order chi connectivity index (χ1) is 13.2. The van der Waals surface area contributed by atoms with Gasteiger partial charge in [-0.3, -0.25) is 0 Å². The fourth-order valence-corrected chi connectivity index (χ4v) is 8.64. The van der Waals surface area contributed by atoms with Crippen LogP contribution in [-0.2, 0) is 4.74 Å². The first-order valence-corrected chi connectivity index (χ1v) is 12.5. The molecule has 0 saturated heterocycles. The van der Waals surface area contributed by atoms with E-state index in [-0.39, 0.29) is 0 Å². The summed E-state index contributed by atoms with van der Waals surface area (Å²) < 4.78 is 5.71. The van der Waals surface area contributed by atoms with E-state index in [2.05, 4.69) is 54.5 Å². The normalized spacial score (nSPS) is 45.2.